The van der Waals surface area contributed by atoms with Crippen LogP contribution in [0.1, 0.15) is 53.9 Å². The number of ether oxygens (including phenoxy) is 1. The van der Waals surface area contributed by atoms with Crippen LogP contribution in [-0.4, -0.2) is 42.5 Å². The van der Waals surface area contributed by atoms with Crippen molar-refractivity contribution < 1.29 is 24.2 Å². The molecule has 120 valence electrons. The lowest BCUT2D eigenvalue weighted by Gasteiger charge is -2.19. The third-order valence-electron chi connectivity index (χ3n) is 1.22. The summed E-state index contributed by atoms with van der Waals surface area (Å²) in [6.07, 6.45) is 1.91. The number of carbonyl (C=O) groups excluding carboxylic acids is 2. The van der Waals surface area contributed by atoms with Crippen LogP contribution < -0.4 is 5.32 Å². The second kappa shape index (κ2) is 15.6. The maximum Gasteiger partial charge on any atom is 0.320 e. The zero-order valence-corrected chi connectivity index (χ0v) is 13.5. The molecule has 0 aromatic carbocycles. The molecule has 0 aromatic rings. The zero-order chi connectivity index (χ0) is 16.6. The highest BCUT2D eigenvalue weighted by molar-refractivity contribution is 5.72. The summed E-state index contributed by atoms with van der Waals surface area (Å²) in [4.78, 5) is 29.8. The molecule has 0 saturated heterocycles. The first kappa shape index (κ1) is 23.6. The molecule has 0 bridgehead atoms. The van der Waals surface area contributed by atoms with Gasteiger partial charge in [0.05, 0.1) is 13.0 Å². The van der Waals surface area contributed by atoms with E-state index < -0.39 is 5.97 Å². The Morgan fingerprint density at radius 2 is 1.70 bits per heavy atom. The van der Waals surface area contributed by atoms with Gasteiger partial charge in [0.1, 0.15) is 11.9 Å². The molecule has 6 nitrogen and oxygen atoms in total. The van der Waals surface area contributed by atoms with E-state index in [1.54, 1.807) is 7.05 Å². The number of rotatable bonds is 5. The van der Waals surface area contributed by atoms with Gasteiger partial charge in [-0.15, -0.1) is 0 Å². The highest BCUT2D eigenvalue weighted by atomic mass is 16.6. The highest BCUT2D eigenvalue weighted by Gasteiger charge is 2.14. The number of likely N-dealkylation sites (N-methyl/N-ethyl adjacent to an activating group) is 1. The molecule has 0 saturated carbocycles. The van der Waals surface area contributed by atoms with Crippen LogP contribution in [0.4, 0.5) is 0 Å². The van der Waals surface area contributed by atoms with Crippen molar-refractivity contribution in [3.05, 3.63) is 0 Å². The lowest BCUT2D eigenvalue weighted by molar-refractivity contribution is -0.153. The van der Waals surface area contributed by atoms with Crippen molar-refractivity contribution in [1.29, 1.82) is 0 Å². The minimum absolute atomic E-state index is 0.0521. The molecule has 0 atom stereocenters. The van der Waals surface area contributed by atoms with Gasteiger partial charge in [0, 0.05) is 6.42 Å². The van der Waals surface area contributed by atoms with Crippen LogP contribution in [0.3, 0.4) is 0 Å². The van der Waals surface area contributed by atoms with E-state index in [0.29, 0.717) is 6.29 Å². The van der Waals surface area contributed by atoms with E-state index in [1.807, 2.05) is 20.8 Å². The van der Waals surface area contributed by atoms with Gasteiger partial charge < -0.3 is 20.0 Å². The minimum atomic E-state index is -0.924. The summed E-state index contributed by atoms with van der Waals surface area (Å²) in [6, 6.07) is 0. The summed E-state index contributed by atoms with van der Waals surface area (Å²) >= 11 is 0. The van der Waals surface area contributed by atoms with E-state index in [4.69, 9.17) is 9.84 Å². The Morgan fingerprint density at radius 1 is 1.25 bits per heavy atom. The van der Waals surface area contributed by atoms with Gasteiger partial charge in [-0.3, -0.25) is 9.59 Å². The summed E-state index contributed by atoms with van der Waals surface area (Å²) in [7, 11) is 1.71. The molecule has 0 heterocycles. The molecule has 0 rings (SSSR count). The molecular weight excluding hydrogens is 262 g/mol. The smallest absolute Gasteiger partial charge is 0.320 e. The minimum Gasteiger partial charge on any atom is -0.481 e. The van der Waals surface area contributed by atoms with Gasteiger partial charge >= 0.3 is 11.9 Å². The fourth-order valence-corrected chi connectivity index (χ4v) is 0.704. The second-order valence-electron chi connectivity index (χ2n) is 4.92. The maximum atomic E-state index is 10.8. The molecule has 0 amide bonds. The third-order valence-corrected chi connectivity index (χ3v) is 1.22. The van der Waals surface area contributed by atoms with Crippen LogP contribution in [0.15, 0.2) is 0 Å². The molecule has 6 heteroatoms. The van der Waals surface area contributed by atoms with E-state index >= 15 is 0 Å². The van der Waals surface area contributed by atoms with Gasteiger partial charge in [0.2, 0.25) is 0 Å². The Hall–Kier alpha value is -1.43. The topological polar surface area (TPSA) is 92.7 Å². The van der Waals surface area contributed by atoms with Crippen LogP contribution in [0.2, 0.25) is 0 Å². The van der Waals surface area contributed by atoms with Crippen LogP contribution >= 0.6 is 0 Å². The van der Waals surface area contributed by atoms with E-state index in [0.717, 1.165) is 0 Å². The Bertz CT molecular complexity index is 259. The number of carbonyl (C=O) groups is 3. The zero-order valence-electron chi connectivity index (χ0n) is 13.5. The van der Waals surface area contributed by atoms with E-state index in [9.17, 15) is 14.4 Å². The second-order valence-corrected chi connectivity index (χ2v) is 4.92. The van der Waals surface area contributed by atoms with Gasteiger partial charge in [-0.2, -0.15) is 0 Å². The van der Waals surface area contributed by atoms with E-state index in [1.165, 1.54) is 6.42 Å². The standard InChI is InChI=1S/C7H15NO2.C4H6O3.C3H8/c1-7(2,3)10-6(9)5-8-4;5-3-1-2-4(6)7;1-3-2/h8H,5H2,1-4H3;3H,1-2H2,(H,6,7);3H2,1-2H3. The van der Waals surface area contributed by atoms with E-state index in [-0.39, 0.29) is 31.0 Å². The Kier molecular flexibility index (Phi) is 18.5. The van der Waals surface area contributed by atoms with Crippen molar-refractivity contribution in [2.45, 2.75) is 59.5 Å². The fraction of sp³-hybridized carbons (Fsp3) is 0.786. The number of carboxylic acid groups (broad SMARTS) is 1. The monoisotopic (exact) mass is 291 g/mol. The number of hydrogen-bond acceptors (Lipinski definition) is 5. The highest BCUT2D eigenvalue weighted by Crippen LogP contribution is 2.05. The molecule has 0 spiro atoms. The van der Waals surface area contributed by atoms with Gasteiger partial charge in [0.25, 0.3) is 0 Å². The normalized spacial score (nSPS) is 9.30. The predicted octanol–water partition coefficient (Wildman–Crippen LogP) is 2.01. The Balaban J connectivity index is -0.000000251. The molecule has 20 heavy (non-hydrogen) atoms. The first-order valence-corrected chi connectivity index (χ1v) is 6.66. The van der Waals surface area contributed by atoms with Gasteiger partial charge in [-0.25, -0.2) is 0 Å². The lowest BCUT2D eigenvalue weighted by atomic mass is 10.2. The average Bonchev–Trinajstić information content (AvgIpc) is 2.26. The van der Waals surface area contributed by atoms with Crippen molar-refractivity contribution in [2.24, 2.45) is 0 Å². The number of esters is 1. The van der Waals surface area contributed by atoms with Crippen LogP contribution in [0, 0.1) is 0 Å². The Morgan fingerprint density at radius 3 is 1.90 bits per heavy atom. The van der Waals surface area contributed by atoms with Crippen LogP contribution in [0.5, 0.6) is 0 Å². The van der Waals surface area contributed by atoms with Gasteiger partial charge in [0.15, 0.2) is 0 Å². The summed E-state index contributed by atoms with van der Waals surface area (Å²) in [6.45, 7) is 10.1. The first-order valence-electron chi connectivity index (χ1n) is 6.66. The van der Waals surface area contributed by atoms with Gasteiger partial charge in [-0.1, -0.05) is 20.3 Å². The first-order chi connectivity index (χ1) is 9.14. The lowest BCUT2D eigenvalue weighted by Crippen LogP contribution is -2.29. The van der Waals surface area contributed by atoms with Crippen molar-refractivity contribution in [3.8, 4) is 0 Å². The fourth-order valence-electron chi connectivity index (χ4n) is 0.704. The quantitative estimate of drug-likeness (QED) is 0.594. The summed E-state index contributed by atoms with van der Waals surface area (Å²) in [5.41, 5.74) is -0.367. The molecular formula is C14H29NO5. The van der Waals surface area contributed by atoms with Gasteiger partial charge in [-0.05, 0) is 27.8 Å². The molecule has 0 aliphatic carbocycles. The third kappa shape index (κ3) is 36.0. The Labute approximate surface area is 121 Å². The van der Waals surface area contributed by atoms with Crippen LogP contribution in [0.25, 0.3) is 0 Å². The summed E-state index contributed by atoms with van der Waals surface area (Å²) in [5, 5.41) is 10.6. The van der Waals surface area contributed by atoms with Crippen LogP contribution in [-0.2, 0) is 19.1 Å². The maximum absolute atomic E-state index is 10.8. The number of carboxylic acids is 1. The molecule has 0 radical (unpaired) electrons. The number of nitrogens with one attached hydrogen (secondary N) is 1. The molecule has 0 aliphatic rings. The number of aldehydes is 1. The average molecular weight is 291 g/mol. The molecule has 0 fully saturated rings. The van der Waals surface area contributed by atoms with Crippen molar-refractivity contribution in [1.82, 2.24) is 5.32 Å². The van der Waals surface area contributed by atoms with Crippen molar-refractivity contribution in [3.63, 3.8) is 0 Å². The molecule has 2 N–H and O–H groups in total. The number of hydrogen-bond donors (Lipinski definition) is 2. The van der Waals surface area contributed by atoms with Crippen molar-refractivity contribution in [2.75, 3.05) is 13.6 Å². The summed E-state index contributed by atoms with van der Waals surface area (Å²) < 4.78 is 4.98. The summed E-state index contributed by atoms with van der Waals surface area (Å²) in [5.74, 6) is -1.14. The van der Waals surface area contributed by atoms with Crippen molar-refractivity contribution >= 4 is 18.2 Å². The predicted molar refractivity (Wildman–Crippen MR) is 78.7 cm³/mol. The largest absolute Gasteiger partial charge is 0.481 e. The molecule has 0 unspecified atom stereocenters. The SMILES string of the molecule is CCC.CNCC(=O)OC(C)(C)C.O=CCCC(=O)O. The molecule has 0 aliphatic heterocycles. The van der Waals surface area contributed by atoms with E-state index in [2.05, 4.69) is 19.2 Å². The number of aliphatic carboxylic acids is 1. The molecule has 0 aromatic heterocycles.